The number of hydrogen-bond donors (Lipinski definition) is 3. The van der Waals surface area contributed by atoms with E-state index in [1.807, 2.05) is 48.5 Å². The van der Waals surface area contributed by atoms with Gasteiger partial charge in [0.05, 0.1) is 19.1 Å². The van der Waals surface area contributed by atoms with E-state index in [0.29, 0.717) is 6.42 Å². The fourth-order valence-corrected chi connectivity index (χ4v) is 3.17. The van der Waals surface area contributed by atoms with Crippen molar-refractivity contribution >= 4 is 17.8 Å². The van der Waals surface area contributed by atoms with Crippen LogP contribution in [-0.4, -0.2) is 47.0 Å². The van der Waals surface area contributed by atoms with Gasteiger partial charge in [0.1, 0.15) is 6.04 Å². The van der Waals surface area contributed by atoms with E-state index in [4.69, 9.17) is 0 Å². The van der Waals surface area contributed by atoms with Gasteiger partial charge in [-0.05, 0) is 17.5 Å². The molecular formula is C21H23N3O4. The second-order valence-corrected chi connectivity index (χ2v) is 6.65. The normalized spacial score (nSPS) is 17.3. The third kappa shape index (κ3) is 4.75. The fraction of sp³-hybridized carbons (Fsp3) is 0.286. The van der Waals surface area contributed by atoms with Gasteiger partial charge in [-0.1, -0.05) is 60.7 Å². The van der Waals surface area contributed by atoms with Gasteiger partial charge in [-0.25, -0.2) is 4.79 Å². The molecule has 0 aliphatic carbocycles. The SMILES string of the molecule is O=C(C[C@H]1NC(=O)N(CCc2ccccc2)C1=O)N[C@@H](CO)c1ccccc1. The smallest absolute Gasteiger partial charge is 0.324 e. The average Bonchev–Trinajstić information content (AvgIpc) is 2.98. The Balaban J connectivity index is 1.55. The largest absolute Gasteiger partial charge is 0.394 e. The molecule has 0 unspecified atom stereocenters. The maximum absolute atomic E-state index is 12.5. The Morgan fingerprint density at radius 1 is 1.07 bits per heavy atom. The molecule has 7 heteroatoms. The Morgan fingerprint density at radius 3 is 2.36 bits per heavy atom. The van der Waals surface area contributed by atoms with E-state index < -0.39 is 29.9 Å². The van der Waals surface area contributed by atoms with Crippen LogP contribution in [-0.2, 0) is 16.0 Å². The molecule has 3 rings (SSSR count). The Kier molecular flexibility index (Phi) is 6.39. The van der Waals surface area contributed by atoms with Crippen LogP contribution in [0.25, 0.3) is 0 Å². The Bertz CT molecular complexity index is 826. The second-order valence-electron chi connectivity index (χ2n) is 6.65. The van der Waals surface area contributed by atoms with Gasteiger partial charge in [0.25, 0.3) is 5.91 Å². The number of urea groups is 1. The summed E-state index contributed by atoms with van der Waals surface area (Å²) in [5.74, 6) is -0.817. The molecule has 2 aromatic carbocycles. The number of amides is 4. The number of imide groups is 1. The van der Waals surface area contributed by atoms with Gasteiger partial charge in [0, 0.05) is 6.54 Å². The van der Waals surface area contributed by atoms with Crippen LogP contribution >= 0.6 is 0 Å². The summed E-state index contributed by atoms with van der Waals surface area (Å²) in [4.78, 5) is 38.1. The standard InChI is InChI=1S/C21H23N3O4/c25-14-18(16-9-5-2-6-10-16)22-19(26)13-17-20(27)24(21(28)23-17)12-11-15-7-3-1-4-8-15/h1-10,17-18,25H,11-14H2,(H,22,26)(H,23,28)/t17-,18+/m1/s1. The Hall–Kier alpha value is -3.19. The maximum Gasteiger partial charge on any atom is 0.324 e. The Morgan fingerprint density at radius 2 is 1.71 bits per heavy atom. The molecule has 2 aromatic rings. The van der Waals surface area contributed by atoms with E-state index in [2.05, 4.69) is 10.6 Å². The first kappa shape index (κ1) is 19.6. The minimum absolute atomic E-state index is 0.171. The van der Waals surface area contributed by atoms with Crippen LogP contribution in [0.4, 0.5) is 4.79 Å². The summed E-state index contributed by atoms with van der Waals surface area (Å²) in [6.45, 7) is 0.00000555. The fourth-order valence-electron chi connectivity index (χ4n) is 3.17. The summed E-state index contributed by atoms with van der Waals surface area (Å²) < 4.78 is 0. The van der Waals surface area contributed by atoms with Crippen LogP contribution in [0.2, 0.25) is 0 Å². The molecule has 0 bridgehead atoms. The average molecular weight is 381 g/mol. The molecule has 1 aliphatic rings. The highest BCUT2D eigenvalue weighted by molar-refractivity contribution is 6.05. The maximum atomic E-state index is 12.5. The van der Waals surface area contributed by atoms with Gasteiger partial charge in [-0.2, -0.15) is 0 Å². The van der Waals surface area contributed by atoms with E-state index in [9.17, 15) is 19.5 Å². The summed E-state index contributed by atoms with van der Waals surface area (Å²) in [6, 6.07) is 16.7. The number of rotatable bonds is 8. The van der Waals surface area contributed by atoms with E-state index in [1.165, 1.54) is 0 Å². The third-order valence-electron chi connectivity index (χ3n) is 4.68. The lowest BCUT2D eigenvalue weighted by molar-refractivity contribution is -0.131. The molecule has 1 aliphatic heterocycles. The zero-order valence-electron chi connectivity index (χ0n) is 15.4. The summed E-state index contributed by atoms with van der Waals surface area (Å²) in [5, 5.41) is 14.8. The first-order valence-corrected chi connectivity index (χ1v) is 9.19. The van der Waals surface area contributed by atoms with Crippen molar-refractivity contribution < 1.29 is 19.5 Å². The zero-order valence-corrected chi connectivity index (χ0v) is 15.4. The van der Waals surface area contributed by atoms with Crippen molar-refractivity contribution in [1.29, 1.82) is 0 Å². The first-order chi connectivity index (χ1) is 13.6. The monoisotopic (exact) mass is 381 g/mol. The van der Waals surface area contributed by atoms with Crippen molar-refractivity contribution in [3.05, 3.63) is 71.8 Å². The van der Waals surface area contributed by atoms with Crippen molar-refractivity contribution in [1.82, 2.24) is 15.5 Å². The Labute approximate surface area is 163 Å². The number of carbonyl (C=O) groups is 3. The molecular weight excluding hydrogens is 358 g/mol. The van der Waals surface area contributed by atoms with E-state index in [-0.39, 0.29) is 19.6 Å². The van der Waals surface area contributed by atoms with Gasteiger partial charge in [-0.15, -0.1) is 0 Å². The third-order valence-corrected chi connectivity index (χ3v) is 4.68. The number of nitrogens with one attached hydrogen (secondary N) is 2. The van der Waals surface area contributed by atoms with E-state index in [0.717, 1.165) is 16.0 Å². The van der Waals surface area contributed by atoms with Crippen molar-refractivity contribution in [2.24, 2.45) is 0 Å². The molecule has 0 radical (unpaired) electrons. The summed E-state index contributed by atoms with van der Waals surface area (Å²) in [7, 11) is 0. The minimum atomic E-state index is -0.890. The highest BCUT2D eigenvalue weighted by Crippen LogP contribution is 2.14. The lowest BCUT2D eigenvalue weighted by atomic mass is 10.1. The van der Waals surface area contributed by atoms with Crippen molar-refractivity contribution in [2.45, 2.75) is 24.9 Å². The second kappa shape index (κ2) is 9.14. The van der Waals surface area contributed by atoms with Gasteiger partial charge in [-0.3, -0.25) is 14.5 Å². The quantitative estimate of drug-likeness (QED) is 0.602. The van der Waals surface area contributed by atoms with Crippen molar-refractivity contribution in [3.8, 4) is 0 Å². The molecule has 1 heterocycles. The zero-order chi connectivity index (χ0) is 19.9. The first-order valence-electron chi connectivity index (χ1n) is 9.19. The molecule has 7 nitrogen and oxygen atoms in total. The van der Waals surface area contributed by atoms with Gasteiger partial charge in [0.15, 0.2) is 0 Å². The molecule has 0 saturated carbocycles. The summed E-state index contributed by atoms with van der Waals surface area (Å²) in [6.07, 6.45) is 0.384. The van der Waals surface area contributed by atoms with Gasteiger partial charge >= 0.3 is 6.03 Å². The number of carbonyl (C=O) groups excluding carboxylic acids is 3. The van der Waals surface area contributed by atoms with Crippen LogP contribution in [0.15, 0.2) is 60.7 Å². The number of hydrogen-bond acceptors (Lipinski definition) is 4. The summed E-state index contributed by atoms with van der Waals surface area (Å²) in [5.41, 5.74) is 1.79. The van der Waals surface area contributed by atoms with Gasteiger partial charge in [0.2, 0.25) is 5.91 Å². The van der Waals surface area contributed by atoms with Gasteiger partial charge < -0.3 is 15.7 Å². The highest BCUT2D eigenvalue weighted by Gasteiger charge is 2.38. The topological polar surface area (TPSA) is 98.7 Å². The number of aliphatic hydroxyl groups is 1. The molecule has 1 saturated heterocycles. The number of benzene rings is 2. The predicted molar refractivity (Wildman–Crippen MR) is 103 cm³/mol. The predicted octanol–water partition coefficient (Wildman–Crippen LogP) is 1.39. The molecule has 3 N–H and O–H groups in total. The van der Waals surface area contributed by atoms with Crippen molar-refractivity contribution in [2.75, 3.05) is 13.2 Å². The van der Waals surface area contributed by atoms with Crippen LogP contribution in [0, 0.1) is 0 Å². The molecule has 0 aromatic heterocycles. The van der Waals surface area contributed by atoms with E-state index >= 15 is 0 Å². The van der Waals surface area contributed by atoms with Crippen LogP contribution < -0.4 is 10.6 Å². The molecule has 28 heavy (non-hydrogen) atoms. The van der Waals surface area contributed by atoms with E-state index in [1.54, 1.807) is 12.1 Å². The van der Waals surface area contributed by atoms with Crippen LogP contribution in [0.1, 0.15) is 23.6 Å². The van der Waals surface area contributed by atoms with Crippen molar-refractivity contribution in [3.63, 3.8) is 0 Å². The minimum Gasteiger partial charge on any atom is -0.394 e. The number of aliphatic hydroxyl groups excluding tert-OH is 1. The highest BCUT2D eigenvalue weighted by atomic mass is 16.3. The lowest BCUT2D eigenvalue weighted by Gasteiger charge is -2.18. The summed E-state index contributed by atoms with van der Waals surface area (Å²) >= 11 is 0. The lowest BCUT2D eigenvalue weighted by Crippen LogP contribution is -2.38. The molecule has 4 amide bonds. The molecule has 2 atom stereocenters. The molecule has 146 valence electrons. The van der Waals surface area contributed by atoms with Crippen LogP contribution in [0.3, 0.4) is 0 Å². The van der Waals surface area contributed by atoms with Crippen LogP contribution in [0.5, 0.6) is 0 Å². The molecule has 0 spiro atoms. The molecule has 1 fully saturated rings. The number of nitrogens with zero attached hydrogens (tertiary/aromatic N) is 1.